The van der Waals surface area contributed by atoms with Crippen molar-refractivity contribution in [1.29, 1.82) is 0 Å². The molecule has 0 saturated carbocycles. The molecular weight excluding hydrogens is 252 g/mol. The molecule has 2 rings (SSSR count). The van der Waals surface area contributed by atoms with Crippen molar-refractivity contribution in [2.45, 2.75) is 46.2 Å². The van der Waals surface area contributed by atoms with Crippen LogP contribution in [0.25, 0.3) is 0 Å². The predicted octanol–water partition coefficient (Wildman–Crippen LogP) is 2.09. The van der Waals surface area contributed by atoms with E-state index in [4.69, 9.17) is 4.42 Å². The fourth-order valence-corrected chi connectivity index (χ4v) is 2.53. The van der Waals surface area contributed by atoms with Crippen LogP contribution in [-0.4, -0.2) is 48.6 Å². The number of nitrogens with zero attached hydrogens (tertiary/aromatic N) is 3. The highest BCUT2D eigenvalue weighted by Crippen LogP contribution is 2.17. The van der Waals surface area contributed by atoms with Crippen LogP contribution in [0, 0.1) is 0 Å². The minimum Gasteiger partial charge on any atom is -0.432 e. The molecule has 0 aromatic carbocycles. The van der Waals surface area contributed by atoms with Crippen LogP contribution < -0.4 is 10.2 Å². The zero-order valence-corrected chi connectivity index (χ0v) is 13.1. The fourth-order valence-electron chi connectivity index (χ4n) is 2.53. The Hall–Kier alpha value is -1.07. The number of aromatic nitrogens is 1. The van der Waals surface area contributed by atoms with E-state index >= 15 is 0 Å². The molecule has 1 aromatic heterocycles. The molecular formula is C15H28N4O. The third kappa shape index (κ3) is 3.96. The Kier molecular flexibility index (Phi) is 5.86. The Morgan fingerprint density at radius 1 is 1.30 bits per heavy atom. The summed E-state index contributed by atoms with van der Waals surface area (Å²) >= 11 is 0. The first kappa shape index (κ1) is 15.3. The van der Waals surface area contributed by atoms with E-state index in [-0.39, 0.29) is 0 Å². The molecule has 1 N–H and O–H groups in total. The van der Waals surface area contributed by atoms with Gasteiger partial charge in [0, 0.05) is 38.8 Å². The van der Waals surface area contributed by atoms with Crippen molar-refractivity contribution < 1.29 is 4.42 Å². The Labute approximate surface area is 122 Å². The molecule has 2 heterocycles. The van der Waals surface area contributed by atoms with Gasteiger partial charge in [-0.1, -0.05) is 13.8 Å². The van der Waals surface area contributed by atoms with Crippen molar-refractivity contribution in [2.75, 3.05) is 37.6 Å². The van der Waals surface area contributed by atoms with E-state index < -0.39 is 0 Å². The summed E-state index contributed by atoms with van der Waals surface area (Å²) in [6.07, 6.45) is 4.13. The number of rotatable bonds is 7. The number of nitrogens with one attached hydrogen (secondary N) is 1. The van der Waals surface area contributed by atoms with Crippen LogP contribution in [0.1, 0.15) is 39.3 Å². The lowest BCUT2D eigenvalue weighted by Crippen LogP contribution is -2.49. The Morgan fingerprint density at radius 3 is 2.70 bits per heavy atom. The SMILES string of the molecule is CCCNCc1coc(N2CCN(C(C)CC)CC2)n1. The first-order valence-electron chi connectivity index (χ1n) is 7.88. The van der Waals surface area contributed by atoms with Crippen LogP contribution in [0.5, 0.6) is 0 Å². The molecule has 0 aliphatic carbocycles. The van der Waals surface area contributed by atoms with Gasteiger partial charge < -0.3 is 14.6 Å². The molecule has 20 heavy (non-hydrogen) atoms. The monoisotopic (exact) mass is 280 g/mol. The molecule has 0 amide bonds. The Morgan fingerprint density at radius 2 is 2.05 bits per heavy atom. The van der Waals surface area contributed by atoms with E-state index in [1.807, 2.05) is 0 Å². The zero-order chi connectivity index (χ0) is 14.4. The summed E-state index contributed by atoms with van der Waals surface area (Å²) in [7, 11) is 0. The molecule has 1 aliphatic heterocycles. The number of anilines is 1. The van der Waals surface area contributed by atoms with Crippen LogP contribution in [0.4, 0.5) is 6.01 Å². The van der Waals surface area contributed by atoms with Gasteiger partial charge in [-0.3, -0.25) is 4.90 Å². The summed E-state index contributed by atoms with van der Waals surface area (Å²) in [4.78, 5) is 9.37. The van der Waals surface area contributed by atoms with Crippen LogP contribution in [-0.2, 0) is 6.54 Å². The minimum absolute atomic E-state index is 0.676. The first-order chi connectivity index (χ1) is 9.74. The van der Waals surface area contributed by atoms with Crippen molar-refractivity contribution in [2.24, 2.45) is 0 Å². The third-order valence-corrected chi connectivity index (χ3v) is 4.07. The van der Waals surface area contributed by atoms with Crippen LogP contribution in [0.2, 0.25) is 0 Å². The van der Waals surface area contributed by atoms with Crippen molar-refractivity contribution in [3.8, 4) is 0 Å². The van der Waals surface area contributed by atoms with Crippen molar-refractivity contribution in [3.05, 3.63) is 12.0 Å². The maximum Gasteiger partial charge on any atom is 0.297 e. The molecule has 1 aliphatic rings. The summed E-state index contributed by atoms with van der Waals surface area (Å²) in [5, 5.41) is 3.35. The van der Waals surface area contributed by atoms with Gasteiger partial charge in [-0.05, 0) is 26.3 Å². The van der Waals surface area contributed by atoms with Crippen molar-refractivity contribution in [3.63, 3.8) is 0 Å². The normalized spacial score (nSPS) is 18.4. The molecule has 1 aromatic rings. The summed E-state index contributed by atoms with van der Waals surface area (Å²) in [5.74, 6) is 0. The number of hydrogen-bond acceptors (Lipinski definition) is 5. The maximum atomic E-state index is 5.61. The van der Waals surface area contributed by atoms with Gasteiger partial charge in [0.25, 0.3) is 6.01 Å². The van der Waals surface area contributed by atoms with Crippen LogP contribution in [0.15, 0.2) is 10.7 Å². The summed E-state index contributed by atoms with van der Waals surface area (Å²) in [5.41, 5.74) is 0.998. The quantitative estimate of drug-likeness (QED) is 0.775. The summed E-state index contributed by atoms with van der Waals surface area (Å²) in [6.45, 7) is 12.7. The van der Waals surface area contributed by atoms with E-state index in [1.54, 1.807) is 6.26 Å². The molecule has 1 fully saturated rings. The molecule has 5 heteroatoms. The van der Waals surface area contributed by atoms with Crippen LogP contribution >= 0.6 is 0 Å². The lowest BCUT2D eigenvalue weighted by atomic mass is 10.2. The lowest BCUT2D eigenvalue weighted by molar-refractivity contribution is 0.190. The second kappa shape index (κ2) is 7.64. The first-order valence-corrected chi connectivity index (χ1v) is 7.88. The van der Waals surface area contributed by atoms with Crippen LogP contribution in [0.3, 0.4) is 0 Å². The minimum atomic E-state index is 0.676. The smallest absolute Gasteiger partial charge is 0.297 e. The highest BCUT2D eigenvalue weighted by atomic mass is 16.4. The molecule has 1 saturated heterocycles. The standard InChI is InChI=1S/C15H28N4O/c1-4-6-16-11-14-12-20-15(17-14)19-9-7-18(8-10-19)13(3)5-2/h12-13,16H,4-11H2,1-3H3. The highest BCUT2D eigenvalue weighted by Gasteiger charge is 2.22. The van der Waals surface area contributed by atoms with Gasteiger partial charge in [0.1, 0.15) is 6.26 Å². The molecule has 1 unspecified atom stereocenters. The van der Waals surface area contributed by atoms with E-state index in [0.717, 1.165) is 57.4 Å². The van der Waals surface area contributed by atoms with E-state index in [0.29, 0.717) is 6.04 Å². The third-order valence-electron chi connectivity index (χ3n) is 4.07. The summed E-state index contributed by atoms with van der Waals surface area (Å²) < 4.78 is 5.61. The van der Waals surface area contributed by atoms with Gasteiger partial charge in [-0.2, -0.15) is 4.98 Å². The van der Waals surface area contributed by atoms with Gasteiger partial charge >= 0.3 is 0 Å². The van der Waals surface area contributed by atoms with E-state index in [1.165, 1.54) is 6.42 Å². The maximum absolute atomic E-state index is 5.61. The van der Waals surface area contributed by atoms with Gasteiger partial charge in [0.15, 0.2) is 0 Å². The van der Waals surface area contributed by atoms with Gasteiger partial charge in [-0.15, -0.1) is 0 Å². The van der Waals surface area contributed by atoms with Gasteiger partial charge in [0.05, 0.1) is 5.69 Å². The topological polar surface area (TPSA) is 44.5 Å². The fraction of sp³-hybridized carbons (Fsp3) is 0.800. The van der Waals surface area contributed by atoms with Crippen molar-refractivity contribution >= 4 is 6.01 Å². The summed E-state index contributed by atoms with van der Waals surface area (Å²) in [6, 6.07) is 1.46. The van der Waals surface area contributed by atoms with Gasteiger partial charge in [0.2, 0.25) is 0 Å². The van der Waals surface area contributed by atoms with Gasteiger partial charge in [-0.25, -0.2) is 0 Å². The van der Waals surface area contributed by atoms with Crippen molar-refractivity contribution in [1.82, 2.24) is 15.2 Å². The number of hydrogen-bond donors (Lipinski definition) is 1. The largest absolute Gasteiger partial charge is 0.432 e. The zero-order valence-electron chi connectivity index (χ0n) is 13.1. The Balaban J connectivity index is 1.81. The highest BCUT2D eigenvalue weighted by molar-refractivity contribution is 5.28. The lowest BCUT2D eigenvalue weighted by Gasteiger charge is -2.37. The average molecular weight is 280 g/mol. The average Bonchev–Trinajstić information content (AvgIpc) is 2.96. The molecule has 114 valence electrons. The van der Waals surface area contributed by atoms with E-state index in [2.05, 4.69) is 40.9 Å². The second-order valence-corrected chi connectivity index (χ2v) is 5.58. The molecule has 0 spiro atoms. The Bertz CT molecular complexity index is 385. The molecule has 5 nitrogen and oxygen atoms in total. The molecule has 1 atom stereocenters. The number of piperazine rings is 1. The predicted molar refractivity (Wildman–Crippen MR) is 82.0 cm³/mol. The molecule has 0 bridgehead atoms. The number of oxazole rings is 1. The van der Waals surface area contributed by atoms with E-state index in [9.17, 15) is 0 Å². The molecule has 0 radical (unpaired) electrons. The second-order valence-electron chi connectivity index (χ2n) is 5.58.